The van der Waals surface area contributed by atoms with Crippen LogP contribution in [0.2, 0.25) is 0 Å². The largest absolute Gasteiger partial charge is 0.453 e. The lowest BCUT2D eigenvalue weighted by Crippen LogP contribution is -2.21. The van der Waals surface area contributed by atoms with Crippen molar-refractivity contribution in [2.24, 2.45) is 0 Å². The molecule has 23 heavy (non-hydrogen) atoms. The zero-order chi connectivity index (χ0) is 16.6. The average Bonchev–Trinajstić information content (AvgIpc) is 2.86. The van der Waals surface area contributed by atoms with Crippen LogP contribution in [0.25, 0.3) is 10.9 Å². The van der Waals surface area contributed by atoms with E-state index in [1.807, 2.05) is 6.07 Å². The Morgan fingerprint density at radius 2 is 1.87 bits per heavy atom. The summed E-state index contributed by atoms with van der Waals surface area (Å²) in [6.45, 7) is 0. The molecule has 3 rings (SSSR count). The van der Waals surface area contributed by atoms with E-state index in [4.69, 9.17) is 11.6 Å². The second-order valence-electron chi connectivity index (χ2n) is 4.50. The summed E-state index contributed by atoms with van der Waals surface area (Å²) in [5, 5.41) is 7.09. The van der Waals surface area contributed by atoms with Gasteiger partial charge in [-0.25, -0.2) is 14.6 Å². The molecule has 120 valence electrons. The van der Waals surface area contributed by atoms with Crippen molar-refractivity contribution in [3.63, 3.8) is 0 Å². The lowest BCUT2D eigenvalue weighted by molar-refractivity contribution is -0.146. The minimum absolute atomic E-state index is 0.0901. The van der Waals surface area contributed by atoms with Gasteiger partial charge in [0.2, 0.25) is 5.16 Å². The maximum atomic E-state index is 12.6. The predicted molar refractivity (Wildman–Crippen MR) is 78.7 cm³/mol. The Morgan fingerprint density at radius 1 is 1.13 bits per heavy atom. The number of alkyl halides is 3. The summed E-state index contributed by atoms with van der Waals surface area (Å²) in [6.07, 6.45) is -4.66. The van der Waals surface area contributed by atoms with Gasteiger partial charge in [-0.1, -0.05) is 23.9 Å². The summed E-state index contributed by atoms with van der Waals surface area (Å²) in [7, 11) is 0. The van der Waals surface area contributed by atoms with Crippen LogP contribution < -0.4 is 11.6 Å². The zero-order valence-corrected chi connectivity index (χ0v) is 12.3. The highest BCUT2D eigenvalue weighted by Gasteiger charge is 2.38. The first-order valence-electron chi connectivity index (χ1n) is 6.28. The minimum Gasteiger partial charge on any atom is -0.383 e. The summed E-state index contributed by atoms with van der Waals surface area (Å²) in [6, 6.07) is 7.17. The summed E-state index contributed by atoms with van der Waals surface area (Å²) in [5.41, 5.74) is 6.50. The second-order valence-corrected chi connectivity index (χ2v) is 5.45. The lowest BCUT2D eigenvalue weighted by atomic mass is 10.2. The van der Waals surface area contributed by atoms with Crippen LogP contribution in [-0.2, 0) is 11.9 Å². The maximum Gasteiger partial charge on any atom is 0.453 e. The molecular weight excluding hydrogens is 331 g/mol. The van der Waals surface area contributed by atoms with Crippen molar-refractivity contribution in [3.05, 3.63) is 35.9 Å². The smallest absolute Gasteiger partial charge is 0.383 e. The molecule has 1 aromatic carbocycles. The fourth-order valence-corrected chi connectivity index (χ4v) is 2.62. The van der Waals surface area contributed by atoms with E-state index >= 15 is 0 Å². The van der Waals surface area contributed by atoms with Crippen molar-refractivity contribution in [1.29, 1.82) is 0 Å². The molecule has 0 saturated heterocycles. The third-order valence-electron chi connectivity index (χ3n) is 2.93. The standard InChI is InChI=1S/C12H10F3N7S/c13-12(14,15)10-20-21-11(22(10)17)23-5-8-18-7-4-2-1-3-6(7)9(16)19-8/h1-4H,5,17H2,(H2,16,18,19). The number of benzene rings is 1. The number of halogens is 3. The molecule has 4 N–H and O–H groups in total. The molecule has 3 aromatic rings. The second kappa shape index (κ2) is 5.57. The number of anilines is 1. The third-order valence-corrected chi connectivity index (χ3v) is 3.87. The first-order chi connectivity index (χ1) is 10.9. The SMILES string of the molecule is Nc1nc(CSc2nnc(C(F)(F)F)n2N)nc2ccccc12. The summed E-state index contributed by atoms with van der Waals surface area (Å²) >= 11 is 0.938. The molecule has 2 aromatic heterocycles. The van der Waals surface area contributed by atoms with E-state index in [9.17, 15) is 13.2 Å². The Labute approximate surface area is 131 Å². The first-order valence-corrected chi connectivity index (χ1v) is 7.26. The molecule has 0 spiro atoms. The van der Waals surface area contributed by atoms with Gasteiger partial charge in [0.1, 0.15) is 11.6 Å². The molecule has 0 unspecified atom stereocenters. The van der Waals surface area contributed by atoms with Crippen molar-refractivity contribution in [2.75, 3.05) is 11.6 Å². The average molecular weight is 341 g/mol. The van der Waals surface area contributed by atoms with Crippen molar-refractivity contribution < 1.29 is 13.2 Å². The third kappa shape index (κ3) is 2.99. The van der Waals surface area contributed by atoms with Crippen LogP contribution >= 0.6 is 11.8 Å². The number of hydrogen-bond acceptors (Lipinski definition) is 7. The minimum atomic E-state index is -4.66. The van der Waals surface area contributed by atoms with Crippen LogP contribution in [0, 0.1) is 0 Å². The Bertz CT molecular complexity index is 861. The van der Waals surface area contributed by atoms with Crippen molar-refractivity contribution in [1.82, 2.24) is 24.8 Å². The van der Waals surface area contributed by atoms with Gasteiger partial charge in [-0.3, -0.25) is 0 Å². The van der Waals surface area contributed by atoms with E-state index in [2.05, 4.69) is 20.2 Å². The van der Waals surface area contributed by atoms with Crippen molar-refractivity contribution in [2.45, 2.75) is 17.1 Å². The Hall–Kier alpha value is -2.56. The van der Waals surface area contributed by atoms with Gasteiger partial charge in [0.25, 0.3) is 5.82 Å². The highest BCUT2D eigenvalue weighted by molar-refractivity contribution is 7.98. The van der Waals surface area contributed by atoms with Gasteiger partial charge in [-0.2, -0.15) is 13.2 Å². The van der Waals surface area contributed by atoms with Crippen LogP contribution in [0.3, 0.4) is 0 Å². The lowest BCUT2D eigenvalue weighted by Gasteiger charge is -2.06. The monoisotopic (exact) mass is 341 g/mol. The summed E-state index contributed by atoms with van der Waals surface area (Å²) in [5.74, 6) is 4.92. The molecule has 0 radical (unpaired) electrons. The Morgan fingerprint density at radius 3 is 2.57 bits per heavy atom. The number of rotatable bonds is 3. The quantitative estimate of drug-likeness (QED) is 0.552. The van der Waals surface area contributed by atoms with Gasteiger partial charge in [-0.15, -0.1) is 10.2 Å². The first kappa shape index (κ1) is 15.3. The molecular formula is C12H10F3N7S. The van der Waals surface area contributed by atoms with Crippen molar-refractivity contribution in [3.8, 4) is 0 Å². The predicted octanol–water partition coefficient (Wildman–Crippen LogP) is 1.83. The molecule has 0 aliphatic heterocycles. The Kier molecular flexibility index (Phi) is 3.72. The van der Waals surface area contributed by atoms with Gasteiger partial charge in [0.05, 0.1) is 11.3 Å². The molecule has 0 aliphatic rings. The van der Waals surface area contributed by atoms with Gasteiger partial charge in [-0.05, 0) is 12.1 Å². The number of aromatic nitrogens is 5. The van der Waals surface area contributed by atoms with E-state index in [-0.39, 0.29) is 10.9 Å². The molecule has 0 atom stereocenters. The fourth-order valence-electron chi connectivity index (χ4n) is 1.91. The van der Waals surface area contributed by atoms with Crippen LogP contribution in [0.5, 0.6) is 0 Å². The van der Waals surface area contributed by atoms with E-state index in [0.29, 0.717) is 27.2 Å². The van der Waals surface area contributed by atoms with Gasteiger partial charge in [0.15, 0.2) is 0 Å². The maximum absolute atomic E-state index is 12.6. The summed E-state index contributed by atoms with van der Waals surface area (Å²) < 4.78 is 38.2. The van der Waals surface area contributed by atoms with Crippen LogP contribution in [0.15, 0.2) is 29.4 Å². The number of thioether (sulfide) groups is 1. The molecule has 11 heteroatoms. The van der Waals surface area contributed by atoms with E-state index in [1.165, 1.54) is 0 Å². The molecule has 0 amide bonds. The fraction of sp³-hybridized carbons (Fsp3) is 0.167. The molecule has 0 aliphatic carbocycles. The van der Waals surface area contributed by atoms with Gasteiger partial charge < -0.3 is 11.6 Å². The Balaban J connectivity index is 1.83. The number of nitrogens with two attached hydrogens (primary N) is 2. The highest BCUT2D eigenvalue weighted by atomic mass is 32.2. The molecule has 7 nitrogen and oxygen atoms in total. The normalized spacial score (nSPS) is 12.0. The zero-order valence-electron chi connectivity index (χ0n) is 11.4. The number of nitrogen functional groups attached to an aromatic ring is 2. The van der Waals surface area contributed by atoms with E-state index in [0.717, 1.165) is 11.8 Å². The van der Waals surface area contributed by atoms with Crippen LogP contribution in [0.4, 0.5) is 19.0 Å². The molecule has 2 heterocycles. The molecule has 0 bridgehead atoms. The number of nitrogens with zero attached hydrogens (tertiary/aromatic N) is 5. The number of hydrogen-bond donors (Lipinski definition) is 2. The highest BCUT2D eigenvalue weighted by Crippen LogP contribution is 2.29. The molecule has 0 saturated carbocycles. The number of fused-ring (bicyclic) bond motifs is 1. The topological polar surface area (TPSA) is 109 Å². The van der Waals surface area contributed by atoms with Crippen LogP contribution in [-0.4, -0.2) is 24.8 Å². The van der Waals surface area contributed by atoms with Crippen LogP contribution in [0.1, 0.15) is 11.6 Å². The number of para-hydroxylation sites is 1. The van der Waals surface area contributed by atoms with Crippen molar-refractivity contribution >= 4 is 28.5 Å². The molecule has 0 fully saturated rings. The van der Waals surface area contributed by atoms with E-state index < -0.39 is 12.0 Å². The van der Waals surface area contributed by atoms with Gasteiger partial charge >= 0.3 is 6.18 Å². The summed E-state index contributed by atoms with van der Waals surface area (Å²) in [4.78, 5) is 8.43. The van der Waals surface area contributed by atoms with E-state index in [1.54, 1.807) is 18.2 Å². The van der Waals surface area contributed by atoms with Gasteiger partial charge in [0, 0.05) is 5.39 Å².